The largest absolute Gasteiger partial charge is 0.456 e. The Kier molecular flexibility index (Phi) is 7.50. The number of nitro benzene ring substituents is 1. The van der Waals surface area contributed by atoms with Crippen LogP contribution in [-0.4, -0.2) is 23.4 Å². The lowest BCUT2D eigenvalue weighted by Crippen LogP contribution is -2.21. The zero-order valence-corrected chi connectivity index (χ0v) is 14.5. The first kappa shape index (κ1) is 19.8. The fraction of sp³-hybridized carbons (Fsp3) is 0.556. The van der Waals surface area contributed by atoms with Crippen LogP contribution in [0.1, 0.15) is 51.4 Å². The van der Waals surface area contributed by atoms with Gasteiger partial charge in [-0.25, -0.2) is 0 Å². The summed E-state index contributed by atoms with van der Waals surface area (Å²) in [6, 6.07) is 3.01. The number of carbonyl (C=O) groups is 2. The van der Waals surface area contributed by atoms with Crippen LogP contribution < -0.4 is 5.32 Å². The minimum absolute atomic E-state index is 0.0662. The minimum atomic E-state index is -0.989. The van der Waals surface area contributed by atoms with Gasteiger partial charge in [0, 0.05) is 18.2 Å². The Morgan fingerprint density at radius 2 is 2.00 bits per heavy atom. The van der Waals surface area contributed by atoms with Crippen LogP contribution in [0, 0.1) is 21.8 Å². The van der Waals surface area contributed by atoms with Crippen LogP contribution in [0.2, 0.25) is 0 Å². The molecule has 8 heteroatoms. The van der Waals surface area contributed by atoms with E-state index in [1.165, 1.54) is 38.2 Å². The second-order valence-electron chi connectivity index (χ2n) is 6.53. The van der Waals surface area contributed by atoms with Gasteiger partial charge < -0.3 is 10.1 Å². The van der Waals surface area contributed by atoms with E-state index in [-0.39, 0.29) is 12.1 Å². The molecule has 1 aromatic carbocycles. The van der Waals surface area contributed by atoms with E-state index in [1.54, 1.807) is 0 Å². The Bertz CT molecular complexity index is 659. The molecule has 1 fully saturated rings. The van der Waals surface area contributed by atoms with E-state index in [0.717, 1.165) is 25.0 Å². The lowest BCUT2D eigenvalue weighted by atomic mass is 9.86. The van der Waals surface area contributed by atoms with Gasteiger partial charge in [0.1, 0.15) is 0 Å². The summed E-state index contributed by atoms with van der Waals surface area (Å²) in [5, 5.41) is 13.0. The highest BCUT2D eigenvalue weighted by atomic mass is 19.1. The summed E-state index contributed by atoms with van der Waals surface area (Å²) >= 11 is 0. The van der Waals surface area contributed by atoms with E-state index in [4.69, 9.17) is 4.74 Å². The van der Waals surface area contributed by atoms with E-state index in [2.05, 4.69) is 5.32 Å². The number of nitrogens with zero attached hydrogens (tertiary/aromatic N) is 1. The Balaban J connectivity index is 1.68. The van der Waals surface area contributed by atoms with Crippen LogP contribution in [0.5, 0.6) is 0 Å². The van der Waals surface area contributed by atoms with Gasteiger partial charge >= 0.3 is 11.7 Å². The molecule has 142 valence electrons. The van der Waals surface area contributed by atoms with Crippen LogP contribution in [0.25, 0.3) is 0 Å². The number of nitrogens with one attached hydrogen (secondary N) is 1. The van der Waals surface area contributed by atoms with Crippen LogP contribution in [0.3, 0.4) is 0 Å². The van der Waals surface area contributed by atoms with Crippen molar-refractivity contribution in [3.8, 4) is 0 Å². The van der Waals surface area contributed by atoms with Gasteiger partial charge in [0.05, 0.1) is 4.92 Å². The molecule has 0 aromatic heterocycles. The van der Waals surface area contributed by atoms with Crippen molar-refractivity contribution in [1.82, 2.24) is 0 Å². The van der Waals surface area contributed by atoms with Gasteiger partial charge in [0.15, 0.2) is 6.61 Å². The fourth-order valence-electron chi connectivity index (χ4n) is 3.16. The molecule has 1 N–H and O–H groups in total. The maximum Gasteiger partial charge on any atom is 0.306 e. The smallest absolute Gasteiger partial charge is 0.306 e. The molecule has 7 nitrogen and oxygen atoms in total. The van der Waals surface area contributed by atoms with Gasteiger partial charge in [-0.3, -0.25) is 19.7 Å². The molecule has 0 aliphatic heterocycles. The highest BCUT2D eigenvalue weighted by Crippen LogP contribution is 2.27. The van der Waals surface area contributed by atoms with Crippen molar-refractivity contribution in [3.05, 3.63) is 34.1 Å². The van der Waals surface area contributed by atoms with Crippen molar-refractivity contribution in [2.45, 2.75) is 51.4 Å². The predicted octanol–water partition coefficient (Wildman–Crippen LogP) is 3.97. The average molecular weight is 366 g/mol. The van der Waals surface area contributed by atoms with Crippen molar-refractivity contribution < 1.29 is 23.6 Å². The molecule has 0 spiro atoms. The Morgan fingerprint density at radius 1 is 1.27 bits per heavy atom. The number of hydrogen-bond donors (Lipinski definition) is 1. The summed E-state index contributed by atoms with van der Waals surface area (Å²) in [6.45, 7) is -0.479. The third-order valence-electron chi connectivity index (χ3n) is 4.51. The van der Waals surface area contributed by atoms with E-state index in [1.807, 2.05) is 0 Å². The zero-order valence-electron chi connectivity index (χ0n) is 14.5. The highest BCUT2D eigenvalue weighted by Gasteiger charge is 2.17. The molecule has 0 unspecified atom stereocenters. The summed E-state index contributed by atoms with van der Waals surface area (Å²) in [5.41, 5.74) is -0.668. The molecule has 26 heavy (non-hydrogen) atoms. The van der Waals surface area contributed by atoms with E-state index in [0.29, 0.717) is 5.92 Å². The minimum Gasteiger partial charge on any atom is -0.456 e. The Hall–Kier alpha value is -2.51. The fourth-order valence-corrected chi connectivity index (χ4v) is 3.16. The van der Waals surface area contributed by atoms with E-state index >= 15 is 0 Å². The zero-order chi connectivity index (χ0) is 18.9. The molecule has 0 atom stereocenters. The SMILES string of the molecule is O=C(COC(=O)CCCC1CCCCC1)Nc1ccc(F)c([N+](=O)[O-])c1. The molecule has 0 bridgehead atoms. The van der Waals surface area contributed by atoms with Gasteiger partial charge in [-0.05, 0) is 30.9 Å². The first-order valence-electron chi connectivity index (χ1n) is 8.85. The van der Waals surface area contributed by atoms with Crippen molar-refractivity contribution in [1.29, 1.82) is 0 Å². The van der Waals surface area contributed by atoms with Gasteiger partial charge in [-0.1, -0.05) is 32.1 Å². The van der Waals surface area contributed by atoms with Crippen molar-refractivity contribution >= 4 is 23.3 Å². The average Bonchev–Trinajstić information content (AvgIpc) is 2.62. The molecular formula is C18H23FN2O5. The second kappa shape index (κ2) is 9.84. The number of esters is 1. The number of hydrogen-bond acceptors (Lipinski definition) is 5. The topological polar surface area (TPSA) is 98.5 Å². The van der Waals surface area contributed by atoms with Crippen molar-refractivity contribution in [2.24, 2.45) is 5.92 Å². The van der Waals surface area contributed by atoms with Crippen LogP contribution in [-0.2, 0) is 14.3 Å². The number of benzene rings is 1. The molecule has 0 saturated heterocycles. The van der Waals surface area contributed by atoms with Crippen LogP contribution >= 0.6 is 0 Å². The predicted molar refractivity (Wildman–Crippen MR) is 93.1 cm³/mol. The van der Waals surface area contributed by atoms with Crippen molar-refractivity contribution in [3.63, 3.8) is 0 Å². The second-order valence-corrected chi connectivity index (χ2v) is 6.53. The third kappa shape index (κ3) is 6.42. The molecular weight excluding hydrogens is 343 g/mol. The number of amides is 1. The number of rotatable bonds is 8. The lowest BCUT2D eigenvalue weighted by molar-refractivity contribution is -0.387. The van der Waals surface area contributed by atoms with Gasteiger partial charge in [-0.2, -0.15) is 4.39 Å². The Labute approximate surface area is 151 Å². The molecule has 0 radical (unpaired) electrons. The van der Waals surface area contributed by atoms with Crippen LogP contribution in [0.15, 0.2) is 18.2 Å². The summed E-state index contributed by atoms with van der Waals surface area (Å²) in [6.07, 6.45) is 8.28. The number of carbonyl (C=O) groups excluding carboxylic acids is 2. The lowest BCUT2D eigenvalue weighted by Gasteiger charge is -2.20. The Morgan fingerprint density at radius 3 is 2.69 bits per heavy atom. The molecule has 1 aromatic rings. The maximum absolute atomic E-state index is 13.2. The first-order valence-corrected chi connectivity index (χ1v) is 8.85. The maximum atomic E-state index is 13.2. The number of nitro groups is 1. The molecule has 1 saturated carbocycles. The number of anilines is 1. The molecule has 0 heterocycles. The summed E-state index contributed by atoms with van der Waals surface area (Å²) in [5.74, 6) is -1.38. The first-order chi connectivity index (χ1) is 12.5. The van der Waals surface area contributed by atoms with E-state index in [9.17, 15) is 24.1 Å². The number of ether oxygens (including phenoxy) is 1. The normalized spacial score (nSPS) is 14.7. The standard InChI is InChI=1S/C18H23FN2O5/c19-15-10-9-14(11-16(15)21(24)25)20-17(22)12-26-18(23)8-4-7-13-5-2-1-3-6-13/h9-11,13H,1-8,12H2,(H,20,22). The summed E-state index contributed by atoms with van der Waals surface area (Å²) < 4.78 is 18.1. The summed E-state index contributed by atoms with van der Waals surface area (Å²) in [7, 11) is 0. The van der Waals surface area contributed by atoms with Crippen molar-refractivity contribution in [2.75, 3.05) is 11.9 Å². The molecule has 1 amide bonds. The molecule has 1 aliphatic carbocycles. The van der Waals surface area contributed by atoms with Gasteiger partial charge in [-0.15, -0.1) is 0 Å². The molecule has 2 rings (SSSR count). The highest BCUT2D eigenvalue weighted by molar-refractivity contribution is 5.93. The van der Waals surface area contributed by atoms with Gasteiger partial charge in [0.2, 0.25) is 5.82 Å². The quantitative estimate of drug-likeness (QED) is 0.426. The van der Waals surface area contributed by atoms with Crippen LogP contribution in [0.4, 0.5) is 15.8 Å². The van der Waals surface area contributed by atoms with Gasteiger partial charge in [0.25, 0.3) is 5.91 Å². The monoisotopic (exact) mass is 366 g/mol. The number of halogens is 1. The molecule has 1 aliphatic rings. The summed E-state index contributed by atoms with van der Waals surface area (Å²) in [4.78, 5) is 33.2. The van der Waals surface area contributed by atoms with E-state index < -0.39 is 34.9 Å². The third-order valence-corrected chi connectivity index (χ3v) is 4.51.